The lowest BCUT2D eigenvalue weighted by Gasteiger charge is -2.24. The van der Waals surface area contributed by atoms with Gasteiger partial charge in [0, 0.05) is 5.02 Å². The highest BCUT2D eigenvalue weighted by atomic mass is 35.5. The number of nitrogens with zero attached hydrogens (tertiary/aromatic N) is 1. The zero-order valence-electron chi connectivity index (χ0n) is 18.9. The van der Waals surface area contributed by atoms with Gasteiger partial charge in [-0.3, -0.25) is 13.9 Å². The van der Waals surface area contributed by atoms with E-state index in [4.69, 9.17) is 16.0 Å². The lowest BCUT2D eigenvalue weighted by atomic mass is 10.1. The molecule has 0 saturated carbocycles. The van der Waals surface area contributed by atoms with Crippen LogP contribution in [0, 0.1) is 0 Å². The molecule has 4 aromatic rings. The molecule has 0 aliphatic heterocycles. The van der Waals surface area contributed by atoms with Gasteiger partial charge in [0.1, 0.15) is 12.3 Å². The van der Waals surface area contributed by atoms with E-state index in [9.17, 15) is 18.0 Å². The Morgan fingerprint density at radius 1 is 0.861 bits per heavy atom. The van der Waals surface area contributed by atoms with Crippen LogP contribution in [0.5, 0.6) is 0 Å². The van der Waals surface area contributed by atoms with E-state index in [1.54, 1.807) is 66.7 Å². The summed E-state index contributed by atoms with van der Waals surface area (Å²) in [5.74, 6) is -0.473. The molecule has 2 amide bonds. The maximum Gasteiger partial charge on any atom is 0.264 e. The third kappa shape index (κ3) is 5.94. The lowest BCUT2D eigenvalue weighted by molar-refractivity contribution is -0.114. The summed E-state index contributed by atoms with van der Waals surface area (Å²) in [6, 6.07) is 23.8. The topological polar surface area (TPSA) is 109 Å². The summed E-state index contributed by atoms with van der Waals surface area (Å²) in [4.78, 5) is 25.8. The van der Waals surface area contributed by atoms with Crippen molar-refractivity contribution in [1.29, 1.82) is 0 Å². The predicted molar refractivity (Wildman–Crippen MR) is 137 cm³/mol. The number of furan rings is 1. The number of carbonyl (C=O) groups is 2. The van der Waals surface area contributed by atoms with Gasteiger partial charge in [0.05, 0.1) is 34.6 Å². The van der Waals surface area contributed by atoms with Crippen molar-refractivity contribution in [3.8, 4) is 0 Å². The summed E-state index contributed by atoms with van der Waals surface area (Å²) in [5.41, 5.74) is 0.733. The van der Waals surface area contributed by atoms with Crippen molar-refractivity contribution in [2.75, 3.05) is 16.2 Å². The smallest absolute Gasteiger partial charge is 0.264 e. The van der Waals surface area contributed by atoms with Crippen molar-refractivity contribution in [1.82, 2.24) is 5.32 Å². The van der Waals surface area contributed by atoms with Crippen LogP contribution in [-0.4, -0.2) is 26.8 Å². The van der Waals surface area contributed by atoms with Crippen LogP contribution in [0.25, 0.3) is 0 Å². The highest BCUT2D eigenvalue weighted by Crippen LogP contribution is 2.25. The van der Waals surface area contributed by atoms with E-state index in [1.165, 1.54) is 30.5 Å². The summed E-state index contributed by atoms with van der Waals surface area (Å²) in [5, 5.41) is 5.82. The van der Waals surface area contributed by atoms with Gasteiger partial charge >= 0.3 is 0 Å². The molecule has 3 aromatic carbocycles. The van der Waals surface area contributed by atoms with Crippen LogP contribution < -0.4 is 14.9 Å². The van der Waals surface area contributed by atoms with E-state index in [0.717, 1.165) is 4.31 Å². The Bertz CT molecular complexity index is 1440. The number of carbonyl (C=O) groups excluding carboxylic acids is 2. The summed E-state index contributed by atoms with van der Waals surface area (Å²) in [6.07, 6.45) is 1.51. The molecule has 0 atom stereocenters. The molecule has 1 aromatic heterocycles. The minimum Gasteiger partial charge on any atom is -0.467 e. The van der Waals surface area contributed by atoms with Crippen LogP contribution in [0.1, 0.15) is 16.1 Å². The first kappa shape index (κ1) is 25.0. The second kappa shape index (κ2) is 11.1. The van der Waals surface area contributed by atoms with Crippen LogP contribution in [0.2, 0.25) is 5.02 Å². The Hall–Kier alpha value is -4.08. The molecule has 0 saturated heterocycles. The fraction of sp³-hybridized carbons (Fsp3) is 0.0769. The van der Waals surface area contributed by atoms with E-state index < -0.39 is 28.4 Å². The SMILES string of the molecule is O=C(CN(c1ccc(Cl)cc1)S(=O)(=O)c1ccccc1)Nc1ccccc1C(=O)NCc1ccco1. The van der Waals surface area contributed by atoms with Crippen LogP contribution >= 0.6 is 11.6 Å². The largest absolute Gasteiger partial charge is 0.467 e. The average molecular weight is 524 g/mol. The molecule has 0 unspecified atom stereocenters. The van der Waals surface area contributed by atoms with Gasteiger partial charge < -0.3 is 15.1 Å². The van der Waals surface area contributed by atoms with Crippen LogP contribution in [0.4, 0.5) is 11.4 Å². The molecule has 4 rings (SSSR count). The summed E-state index contributed by atoms with van der Waals surface area (Å²) in [7, 11) is -4.07. The number of rotatable bonds is 9. The second-order valence-electron chi connectivity index (χ2n) is 7.66. The third-order valence-corrected chi connectivity index (χ3v) is 7.22. The molecule has 0 radical (unpaired) electrons. The number of halogens is 1. The zero-order valence-corrected chi connectivity index (χ0v) is 20.5. The zero-order chi connectivity index (χ0) is 25.5. The van der Waals surface area contributed by atoms with Gasteiger partial charge in [-0.1, -0.05) is 41.9 Å². The molecule has 2 N–H and O–H groups in total. The van der Waals surface area contributed by atoms with E-state index >= 15 is 0 Å². The molecule has 0 spiro atoms. The predicted octanol–water partition coefficient (Wildman–Crippen LogP) is 4.70. The van der Waals surface area contributed by atoms with E-state index in [0.29, 0.717) is 10.8 Å². The monoisotopic (exact) mass is 523 g/mol. The van der Waals surface area contributed by atoms with Gasteiger partial charge in [0.2, 0.25) is 5.91 Å². The Morgan fingerprint density at radius 2 is 1.56 bits per heavy atom. The Kier molecular flexibility index (Phi) is 7.72. The van der Waals surface area contributed by atoms with Crippen molar-refractivity contribution in [3.05, 3.63) is 114 Å². The Balaban J connectivity index is 1.56. The van der Waals surface area contributed by atoms with Crippen LogP contribution in [0.15, 0.2) is 107 Å². The molecule has 10 heteroatoms. The first-order valence-electron chi connectivity index (χ1n) is 10.9. The molecule has 0 aliphatic carbocycles. The fourth-order valence-electron chi connectivity index (χ4n) is 3.43. The number of hydrogen-bond acceptors (Lipinski definition) is 5. The van der Waals surface area contributed by atoms with Crippen molar-refractivity contribution in [2.45, 2.75) is 11.4 Å². The molecule has 8 nitrogen and oxygen atoms in total. The van der Waals surface area contributed by atoms with Crippen LogP contribution in [0.3, 0.4) is 0 Å². The molecule has 0 aliphatic rings. The van der Waals surface area contributed by atoms with Gasteiger partial charge in [-0.05, 0) is 60.7 Å². The maximum absolute atomic E-state index is 13.4. The minimum atomic E-state index is -4.07. The normalized spacial score (nSPS) is 11.0. The first-order valence-corrected chi connectivity index (χ1v) is 12.7. The van der Waals surface area contributed by atoms with E-state index in [1.807, 2.05) is 0 Å². The first-order chi connectivity index (χ1) is 17.3. The van der Waals surface area contributed by atoms with Gasteiger partial charge in [0.25, 0.3) is 15.9 Å². The van der Waals surface area contributed by atoms with Crippen molar-refractivity contribution in [2.24, 2.45) is 0 Å². The number of para-hydroxylation sites is 1. The number of amides is 2. The average Bonchev–Trinajstić information content (AvgIpc) is 3.41. The van der Waals surface area contributed by atoms with E-state index in [-0.39, 0.29) is 28.4 Å². The number of sulfonamides is 1. The number of nitrogens with one attached hydrogen (secondary N) is 2. The highest BCUT2D eigenvalue weighted by Gasteiger charge is 2.27. The summed E-state index contributed by atoms with van der Waals surface area (Å²) >= 11 is 5.98. The van der Waals surface area contributed by atoms with Gasteiger partial charge in [0.15, 0.2) is 0 Å². The Labute approximate surface area is 213 Å². The second-order valence-corrected chi connectivity index (χ2v) is 9.96. The van der Waals surface area contributed by atoms with Crippen LogP contribution in [-0.2, 0) is 21.4 Å². The minimum absolute atomic E-state index is 0.0328. The molecular weight excluding hydrogens is 502 g/mol. The van der Waals surface area contributed by atoms with E-state index in [2.05, 4.69) is 10.6 Å². The number of hydrogen-bond donors (Lipinski definition) is 2. The fourth-order valence-corrected chi connectivity index (χ4v) is 5.00. The Morgan fingerprint density at radius 3 is 2.25 bits per heavy atom. The highest BCUT2D eigenvalue weighted by molar-refractivity contribution is 7.92. The van der Waals surface area contributed by atoms with Crippen molar-refractivity contribution in [3.63, 3.8) is 0 Å². The third-order valence-electron chi connectivity index (χ3n) is 5.18. The summed E-state index contributed by atoms with van der Waals surface area (Å²) < 4.78 is 33.1. The molecule has 1 heterocycles. The number of anilines is 2. The number of benzene rings is 3. The molecule has 36 heavy (non-hydrogen) atoms. The maximum atomic E-state index is 13.4. The quantitative estimate of drug-likeness (QED) is 0.330. The van der Waals surface area contributed by atoms with Gasteiger partial charge in [-0.2, -0.15) is 0 Å². The molecule has 0 bridgehead atoms. The van der Waals surface area contributed by atoms with Gasteiger partial charge in [-0.25, -0.2) is 8.42 Å². The standard InChI is InChI=1S/C26H22ClN3O5S/c27-19-12-14-20(15-13-19)30(36(33,34)22-8-2-1-3-9-22)18-25(31)29-24-11-5-4-10-23(24)26(32)28-17-21-7-6-16-35-21/h1-16H,17-18H2,(H,28,32)(H,29,31). The lowest BCUT2D eigenvalue weighted by Crippen LogP contribution is -2.38. The van der Waals surface area contributed by atoms with Crippen molar-refractivity contribution < 1.29 is 22.4 Å². The molecular formula is C26H22ClN3O5S. The summed E-state index contributed by atoms with van der Waals surface area (Å²) in [6.45, 7) is -0.352. The molecule has 184 valence electrons. The van der Waals surface area contributed by atoms with Crippen molar-refractivity contribution >= 4 is 44.8 Å². The molecule has 0 fully saturated rings. The van der Waals surface area contributed by atoms with Gasteiger partial charge in [-0.15, -0.1) is 0 Å².